The summed E-state index contributed by atoms with van der Waals surface area (Å²) in [7, 11) is -3.47. The van der Waals surface area contributed by atoms with Gasteiger partial charge in [0.25, 0.3) is 5.91 Å². The molecule has 0 spiro atoms. The number of ether oxygens (including phenoxy) is 1. The van der Waals surface area contributed by atoms with Gasteiger partial charge in [-0.1, -0.05) is 36.4 Å². The monoisotopic (exact) mass is 469 g/mol. The average Bonchev–Trinajstić information content (AvgIpc) is 3.44. The molecule has 3 aromatic rings. The van der Waals surface area contributed by atoms with E-state index < -0.39 is 10.0 Å². The molecule has 9 heteroatoms. The van der Waals surface area contributed by atoms with E-state index in [2.05, 4.69) is 9.82 Å². The second-order valence-electron chi connectivity index (χ2n) is 7.32. The fourth-order valence-electron chi connectivity index (χ4n) is 3.61. The van der Waals surface area contributed by atoms with Crippen molar-refractivity contribution in [3.8, 4) is 5.75 Å². The minimum absolute atomic E-state index is 0.192. The van der Waals surface area contributed by atoms with E-state index in [0.29, 0.717) is 34.9 Å². The standard InChI is InChI=1S/C23H23N3O4S2/c1-3-30-17-12-10-16(11-13-17)21-15-20(24-26(21)23(27)22-9-6-14-31-22)18-7-4-5-8-19(18)25-32(2,28)29/h4-14,21,25H,3,15H2,1-2H3/t21-/m1/s1. The lowest BCUT2D eigenvalue weighted by atomic mass is 9.97. The molecule has 2 aromatic carbocycles. The van der Waals surface area contributed by atoms with Crippen molar-refractivity contribution in [1.29, 1.82) is 0 Å². The second kappa shape index (κ2) is 9.13. The van der Waals surface area contributed by atoms with Crippen molar-refractivity contribution in [2.45, 2.75) is 19.4 Å². The van der Waals surface area contributed by atoms with Crippen LogP contribution in [0.2, 0.25) is 0 Å². The van der Waals surface area contributed by atoms with Gasteiger partial charge >= 0.3 is 0 Å². The number of hydrazone groups is 1. The molecule has 2 heterocycles. The third-order valence-corrected chi connectivity index (χ3v) is 6.41. The van der Waals surface area contributed by atoms with Gasteiger partial charge in [0.15, 0.2) is 0 Å². The van der Waals surface area contributed by atoms with Gasteiger partial charge in [0.1, 0.15) is 5.75 Å². The summed E-state index contributed by atoms with van der Waals surface area (Å²) in [5.41, 5.74) is 2.64. The molecule has 166 valence electrons. The van der Waals surface area contributed by atoms with Crippen LogP contribution in [0.3, 0.4) is 0 Å². The number of nitrogens with one attached hydrogen (secondary N) is 1. The summed E-state index contributed by atoms with van der Waals surface area (Å²) in [6.45, 7) is 2.50. The Bertz CT molecular complexity index is 1240. The van der Waals surface area contributed by atoms with Gasteiger partial charge in [-0.15, -0.1) is 11.3 Å². The van der Waals surface area contributed by atoms with Crippen LogP contribution in [-0.2, 0) is 10.0 Å². The molecule has 1 N–H and O–H groups in total. The van der Waals surface area contributed by atoms with Crippen molar-refractivity contribution in [1.82, 2.24) is 5.01 Å². The zero-order valence-corrected chi connectivity index (χ0v) is 19.3. The zero-order chi connectivity index (χ0) is 22.7. The van der Waals surface area contributed by atoms with Crippen molar-refractivity contribution in [3.63, 3.8) is 0 Å². The third-order valence-electron chi connectivity index (χ3n) is 4.96. The Morgan fingerprint density at radius 1 is 1.16 bits per heavy atom. The number of para-hydroxylation sites is 1. The van der Waals surface area contributed by atoms with Gasteiger partial charge in [-0.05, 0) is 42.1 Å². The van der Waals surface area contributed by atoms with E-state index in [1.54, 1.807) is 24.3 Å². The van der Waals surface area contributed by atoms with E-state index in [4.69, 9.17) is 4.74 Å². The largest absolute Gasteiger partial charge is 0.494 e. The van der Waals surface area contributed by atoms with Crippen LogP contribution in [-0.4, -0.2) is 37.9 Å². The maximum atomic E-state index is 13.2. The summed E-state index contributed by atoms with van der Waals surface area (Å²) in [4.78, 5) is 13.8. The van der Waals surface area contributed by atoms with Crippen molar-refractivity contribution >= 4 is 38.7 Å². The highest BCUT2D eigenvalue weighted by atomic mass is 32.2. The predicted molar refractivity (Wildman–Crippen MR) is 127 cm³/mol. The van der Waals surface area contributed by atoms with Gasteiger partial charge in [0.2, 0.25) is 10.0 Å². The minimum Gasteiger partial charge on any atom is -0.494 e. The Kier molecular flexibility index (Phi) is 6.29. The Morgan fingerprint density at radius 2 is 1.91 bits per heavy atom. The lowest BCUT2D eigenvalue weighted by molar-refractivity contribution is 0.0716. The Labute approximate surface area is 191 Å². The molecule has 0 unspecified atom stereocenters. The van der Waals surface area contributed by atoms with Gasteiger partial charge in [0, 0.05) is 12.0 Å². The predicted octanol–water partition coefficient (Wildman–Crippen LogP) is 4.51. The van der Waals surface area contributed by atoms with Gasteiger partial charge < -0.3 is 4.74 Å². The first-order chi connectivity index (χ1) is 15.4. The number of amides is 1. The first-order valence-corrected chi connectivity index (χ1v) is 12.9. The normalized spacial score (nSPS) is 16.0. The lowest BCUT2D eigenvalue weighted by Crippen LogP contribution is -2.26. The number of benzene rings is 2. The van der Waals surface area contributed by atoms with Gasteiger partial charge in [0.05, 0.1) is 35.2 Å². The van der Waals surface area contributed by atoms with E-state index in [9.17, 15) is 13.2 Å². The molecule has 7 nitrogen and oxygen atoms in total. The van der Waals surface area contributed by atoms with Crippen LogP contribution >= 0.6 is 11.3 Å². The third kappa shape index (κ3) is 4.84. The molecular weight excluding hydrogens is 446 g/mol. The molecule has 0 radical (unpaired) electrons. The molecule has 1 atom stereocenters. The second-order valence-corrected chi connectivity index (χ2v) is 10.0. The number of sulfonamides is 1. The van der Waals surface area contributed by atoms with E-state index in [1.165, 1.54) is 16.3 Å². The Balaban J connectivity index is 1.72. The number of rotatable bonds is 7. The number of carbonyl (C=O) groups excluding carboxylic acids is 1. The van der Waals surface area contributed by atoms with Crippen LogP contribution in [0.1, 0.15) is 40.2 Å². The highest BCUT2D eigenvalue weighted by Gasteiger charge is 2.34. The summed E-state index contributed by atoms with van der Waals surface area (Å²) in [6.07, 6.45) is 1.56. The molecule has 32 heavy (non-hydrogen) atoms. The van der Waals surface area contributed by atoms with E-state index >= 15 is 0 Å². The molecule has 0 saturated carbocycles. The van der Waals surface area contributed by atoms with Crippen molar-refractivity contribution in [2.24, 2.45) is 5.10 Å². The molecule has 0 aliphatic carbocycles. The fraction of sp³-hybridized carbons (Fsp3) is 0.217. The molecular formula is C23H23N3O4S2. The smallest absolute Gasteiger partial charge is 0.284 e. The highest BCUT2D eigenvalue weighted by molar-refractivity contribution is 7.92. The van der Waals surface area contributed by atoms with Crippen molar-refractivity contribution in [2.75, 3.05) is 17.6 Å². The van der Waals surface area contributed by atoms with Crippen LogP contribution in [0.15, 0.2) is 71.1 Å². The summed E-state index contributed by atoms with van der Waals surface area (Å²) in [5, 5.41) is 8.01. The van der Waals surface area contributed by atoms with Crippen molar-refractivity contribution < 1.29 is 17.9 Å². The average molecular weight is 470 g/mol. The molecule has 4 rings (SSSR count). The first kappa shape index (κ1) is 22.0. The number of carbonyl (C=O) groups is 1. The van der Waals surface area contributed by atoms with E-state index in [0.717, 1.165) is 17.6 Å². The van der Waals surface area contributed by atoms with Crippen molar-refractivity contribution in [3.05, 3.63) is 82.0 Å². The molecule has 0 fully saturated rings. The van der Waals surface area contributed by atoms with Gasteiger partial charge in [-0.2, -0.15) is 5.10 Å². The molecule has 1 aliphatic rings. The maximum absolute atomic E-state index is 13.2. The number of hydrogen-bond acceptors (Lipinski definition) is 6. The quantitative estimate of drug-likeness (QED) is 0.551. The van der Waals surface area contributed by atoms with Gasteiger partial charge in [-0.3, -0.25) is 9.52 Å². The number of thiophene rings is 1. The molecule has 0 bridgehead atoms. The summed E-state index contributed by atoms with van der Waals surface area (Å²) < 4.78 is 31.8. The van der Waals surface area contributed by atoms with Gasteiger partial charge in [-0.25, -0.2) is 13.4 Å². The molecule has 1 amide bonds. The van der Waals surface area contributed by atoms with Crippen LogP contribution < -0.4 is 9.46 Å². The topological polar surface area (TPSA) is 88.1 Å². The maximum Gasteiger partial charge on any atom is 0.284 e. The van der Waals surface area contributed by atoms with Crippen LogP contribution in [0.4, 0.5) is 5.69 Å². The molecule has 1 aromatic heterocycles. The number of nitrogens with zero attached hydrogens (tertiary/aromatic N) is 2. The fourth-order valence-corrected chi connectivity index (χ4v) is 4.84. The van der Waals surface area contributed by atoms with Crippen LogP contribution in [0.5, 0.6) is 5.75 Å². The minimum atomic E-state index is -3.47. The summed E-state index contributed by atoms with van der Waals surface area (Å²) in [6, 6.07) is 18.0. The lowest BCUT2D eigenvalue weighted by Gasteiger charge is -2.21. The highest BCUT2D eigenvalue weighted by Crippen LogP contribution is 2.36. The Morgan fingerprint density at radius 3 is 2.56 bits per heavy atom. The van der Waals surface area contributed by atoms with E-state index in [-0.39, 0.29) is 11.9 Å². The Hall–Kier alpha value is -3.17. The SMILES string of the molecule is CCOc1ccc([C@H]2CC(c3ccccc3NS(C)(=O)=O)=NN2C(=O)c2cccs2)cc1. The zero-order valence-electron chi connectivity index (χ0n) is 17.7. The summed E-state index contributed by atoms with van der Waals surface area (Å²) >= 11 is 1.36. The number of anilines is 1. The number of hydrogen-bond donors (Lipinski definition) is 1. The van der Waals surface area contributed by atoms with Crippen LogP contribution in [0, 0.1) is 0 Å². The van der Waals surface area contributed by atoms with Crippen LogP contribution in [0.25, 0.3) is 0 Å². The summed E-state index contributed by atoms with van der Waals surface area (Å²) in [5.74, 6) is 0.566. The first-order valence-electron chi connectivity index (χ1n) is 10.1. The van der Waals surface area contributed by atoms with E-state index in [1.807, 2.05) is 48.7 Å². The molecule has 1 aliphatic heterocycles. The molecule has 0 saturated heterocycles.